The van der Waals surface area contributed by atoms with E-state index in [4.69, 9.17) is 11.6 Å². The monoisotopic (exact) mass is 312 g/mol. The summed E-state index contributed by atoms with van der Waals surface area (Å²) in [5.41, 5.74) is -1.45. The van der Waals surface area contributed by atoms with Crippen molar-refractivity contribution in [2.75, 3.05) is 7.11 Å². The predicted octanol–water partition coefficient (Wildman–Crippen LogP) is 1.17. The highest BCUT2D eigenvalue weighted by Gasteiger charge is 2.16. The fourth-order valence-electron chi connectivity index (χ4n) is 1.75. The van der Waals surface area contributed by atoms with E-state index in [-0.39, 0.29) is 16.1 Å². The zero-order chi connectivity index (χ0) is 15.6. The van der Waals surface area contributed by atoms with Crippen molar-refractivity contribution in [1.82, 2.24) is 9.55 Å². The number of esters is 1. The van der Waals surface area contributed by atoms with Gasteiger partial charge in [0.2, 0.25) is 0 Å². The number of rotatable bonds is 3. The van der Waals surface area contributed by atoms with E-state index in [0.717, 1.165) is 19.4 Å². The lowest BCUT2D eigenvalue weighted by molar-refractivity contribution is -0.141. The summed E-state index contributed by atoms with van der Waals surface area (Å²) in [4.78, 5) is 37.4. The molecule has 0 amide bonds. The Bertz CT molecular complexity index is 813. The molecule has 1 aromatic heterocycles. The molecular formula is C13H10ClFN2O4. The lowest BCUT2D eigenvalue weighted by atomic mass is 10.1. The standard InChI is InChI=1S/C13H10ClFN2O4/c1-21-10(18)6-17-12(19)8(5-16-13(17)20)7-3-2-4-9(15)11(7)14/h2-5H,6H2,1H3,(H,16,20). The Morgan fingerprint density at radius 3 is 2.76 bits per heavy atom. The van der Waals surface area contributed by atoms with Gasteiger partial charge in [-0.3, -0.25) is 9.59 Å². The average molecular weight is 313 g/mol. The van der Waals surface area contributed by atoms with Crippen LogP contribution in [0, 0.1) is 5.82 Å². The van der Waals surface area contributed by atoms with Gasteiger partial charge in [0.1, 0.15) is 12.4 Å². The van der Waals surface area contributed by atoms with Crippen molar-refractivity contribution in [1.29, 1.82) is 0 Å². The fraction of sp³-hybridized carbons (Fsp3) is 0.154. The van der Waals surface area contributed by atoms with Gasteiger partial charge in [-0.15, -0.1) is 0 Å². The molecule has 0 radical (unpaired) electrons. The molecule has 0 unspecified atom stereocenters. The molecule has 0 aliphatic carbocycles. The van der Waals surface area contributed by atoms with Crippen molar-refractivity contribution in [3.05, 3.63) is 56.1 Å². The van der Waals surface area contributed by atoms with Crippen LogP contribution in [0.1, 0.15) is 0 Å². The summed E-state index contributed by atoms with van der Waals surface area (Å²) in [7, 11) is 1.13. The molecule has 1 aromatic carbocycles. The smallest absolute Gasteiger partial charge is 0.328 e. The molecule has 21 heavy (non-hydrogen) atoms. The molecule has 0 spiro atoms. The number of nitrogens with one attached hydrogen (secondary N) is 1. The first-order valence-electron chi connectivity index (χ1n) is 5.79. The second-order valence-electron chi connectivity index (χ2n) is 4.08. The van der Waals surface area contributed by atoms with Crippen LogP contribution >= 0.6 is 11.6 Å². The molecular weight excluding hydrogens is 303 g/mol. The Balaban J connectivity index is 2.64. The lowest BCUT2D eigenvalue weighted by Crippen LogP contribution is -2.38. The van der Waals surface area contributed by atoms with Gasteiger partial charge >= 0.3 is 11.7 Å². The summed E-state index contributed by atoms with van der Waals surface area (Å²) in [5.74, 6) is -1.45. The summed E-state index contributed by atoms with van der Waals surface area (Å²) in [6.07, 6.45) is 1.12. The minimum Gasteiger partial charge on any atom is -0.468 e. The molecule has 2 rings (SSSR count). The van der Waals surface area contributed by atoms with Crippen molar-refractivity contribution in [2.45, 2.75) is 6.54 Å². The predicted molar refractivity (Wildman–Crippen MR) is 73.7 cm³/mol. The van der Waals surface area contributed by atoms with Crippen LogP contribution < -0.4 is 11.2 Å². The van der Waals surface area contributed by atoms with Crippen molar-refractivity contribution in [3.8, 4) is 11.1 Å². The zero-order valence-corrected chi connectivity index (χ0v) is 11.6. The van der Waals surface area contributed by atoms with E-state index in [1.165, 1.54) is 12.1 Å². The van der Waals surface area contributed by atoms with E-state index in [1.807, 2.05) is 0 Å². The maximum Gasteiger partial charge on any atom is 0.328 e. The molecule has 0 atom stereocenters. The Kier molecular flexibility index (Phi) is 4.23. The summed E-state index contributed by atoms with van der Waals surface area (Å²) in [5, 5.41) is -0.244. The molecule has 0 fully saturated rings. The van der Waals surface area contributed by atoms with Crippen molar-refractivity contribution < 1.29 is 13.9 Å². The number of carbonyl (C=O) groups excluding carboxylic acids is 1. The molecule has 8 heteroatoms. The summed E-state index contributed by atoms with van der Waals surface area (Å²) < 4.78 is 18.5. The molecule has 6 nitrogen and oxygen atoms in total. The lowest BCUT2D eigenvalue weighted by Gasteiger charge is -2.08. The number of nitrogens with zero attached hydrogens (tertiary/aromatic N) is 1. The first kappa shape index (κ1) is 15.0. The third-order valence-corrected chi connectivity index (χ3v) is 3.20. The molecule has 110 valence electrons. The van der Waals surface area contributed by atoms with E-state index < -0.39 is 29.6 Å². The maximum atomic E-state index is 13.5. The van der Waals surface area contributed by atoms with E-state index >= 15 is 0 Å². The number of hydrogen-bond acceptors (Lipinski definition) is 4. The highest BCUT2D eigenvalue weighted by molar-refractivity contribution is 6.33. The third kappa shape index (κ3) is 2.87. The van der Waals surface area contributed by atoms with Gasteiger partial charge in [-0.1, -0.05) is 23.7 Å². The number of ether oxygens (including phenoxy) is 1. The molecule has 1 N–H and O–H groups in total. The molecule has 0 bridgehead atoms. The van der Waals surface area contributed by atoms with Gasteiger partial charge in [-0.05, 0) is 6.07 Å². The Morgan fingerprint density at radius 2 is 2.10 bits per heavy atom. The fourth-order valence-corrected chi connectivity index (χ4v) is 1.98. The largest absolute Gasteiger partial charge is 0.468 e. The van der Waals surface area contributed by atoms with Crippen molar-refractivity contribution in [2.24, 2.45) is 0 Å². The van der Waals surface area contributed by atoms with Crippen LogP contribution in [0.2, 0.25) is 5.02 Å². The van der Waals surface area contributed by atoms with Gasteiger partial charge in [0, 0.05) is 11.8 Å². The highest BCUT2D eigenvalue weighted by atomic mass is 35.5. The van der Waals surface area contributed by atoms with Gasteiger partial charge < -0.3 is 9.72 Å². The molecule has 1 heterocycles. The minimum absolute atomic E-state index is 0.0250. The average Bonchev–Trinajstić information content (AvgIpc) is 2.47. The Morgan fingerprint density at radius 1 is 1.38 bits per heavy atom. The summed E-state index contributed by atoms with van der Waals surface area (Å²) in [6.45, 7) is -0.550. The van der Waals surface area contributed by atoms with Crippen LogP contribution in [0.5, 0.6) is 0 Å². The normalized spacial score (nSPS) is 10.4. The van der Waals surface area contributed by atoms with Gasteiger partial charge in [0.25, 0.3) is 5.56 Å². The molecule has 0 aliphatic rings. The number of benzene rings is 1. The van der Waals surface area contributed by atoms with Crippen LogP contribution in [-0.4, -0.2) is 22.6 Å². The van der Waals surface area contributed by atoms with Crippen LogP contribution in [0.3, 0.4) is 0 Å². The number of halogens is 2. The van der Waals surface area contributed by atoms with E-state index in [1.54, 1.807) is 0 Å². The number of aromatic nitrogens is 2. The highest BCUT2D eigenvalue weighted by Crippen LogP contribution is 2.27. The van der Waals surface area contributed by atoms with Crippen molar-refractivity contribution in [3.63, 3.8) is 0 Å². The Labute approximate surface area is 122 Å². The van der Waals surface area contributed by atoms with Crippen LogP contribution in [0.25, 0.3) is 11.1 Å². The second-order valence-corrected chi connectivity index (χ2v) is 4.45. The van der Waals surface area contributed by atoms with E-state index in [0.29, 0.717) is 4.57 Å². The Hall–Kier alpha value is -2.41. The number of H-pyrrole nitrogens is 1. The minimum atomic E-state index is -0.776. The second kappa shape index (κ2) is 5.92. The number of hydrogen-bond donors (Lipinski definition) is 1. The SMILES string of the molecule is COC(=O)Cn1c(=O)[nH]cc(-c2cccc(F)c2Cl)c1=O. The van der Waals surface area contributed by atoms with Crippen LogP contribution in [0.15, 0.2) is 34.0 Å². The van der Waals surface area contributed by atoms with E-state index in [9.17, 15) is 18.8 Å². The quantitative estimate of drug-likeness (QED) is 0.863. The van der Waals surface area contributed by atoms with Gasteiger partial charge in [0.05, 0.1) is 17.7 Å². The maximum absolute atomic E-state index is 13.5. The summed E-state index contributed by atoms with van der Waals surface area (Å²) in [6, 6.07) is 3.96. The summed E-state index contributed by atoms with van der Waals surface area (Å²) >= 11 is 5.82. The molecule has 0 saturated heterocycles. The van der Waals surface area contributed by atoms with Gasteiger partial charge in [-0.25, -0.2) is 13.8 Å². The van der Waals surface area contributed by atoms with E-state index in [2.05, 4.69) is 9.72 Å². The zero-order valence-electron chi connectivity index (χ0n) is 10.9. The number of methoxy groups -OCH3 is 1. The van der Waals surface area contributed by atoms with Gasteiger partial charge in [0.15, 0.2) is 0 Å². The molecule has 2 aromatic rings. The molecule has 0 aliphatic heterocycles. The number of carbonyl (C=O) groups is 1. The third-order valence-electron chi connectivity index (χ3n) is 2.82. The molecule has 0 saturated carbocycles. The topological polar surface area (TPSA) is 81.2 Å². The number of aromatic amines is 1. The van der Waals surface area contributed by atoms with Crippen LogP contribution in [-0.2, 0) is 16.1 Å². The van der Waals surface area contributed by atoms with Crippen LogP contribution in [0.4, 0.5) is 4.39 Å². The first-order valence-corrected chi connectivity index (χ1v) is 6.17. The van der Waals surface area contributed by atoms with Crippen molar-refractivity contribution >= 4 is 17.6 Å². The first-order chi connectivity index (χ1) is 9.95. The van der Waals surface area contributed by atoms with Gasteiger partial charge in [-0.2, -0.15) is 0 Å².